The lowest BCUT2D eigenvalue weighted by Crippen LogP contribution is -2.46. The molecule has 0 amide bonds. The van der Waals surface area contributed by atoms with Gasteiger partial charge in [-0.25, -0.2) is 0 Å². The highest BCUT2D eigenvalue weighted by atomic mass is 35.5. The Labute approximate surface area is 200 Å². The average Bonchev–Trinajstić information content (AvgIpc) is 2.68. The van der Waals surface area contributed by atoms with E-state index in [9.17, 15) is 0 Å². The number of anilines is 1. The Morgan fingerprint density at radius 2 is 1.66 bits per heavy atom. The number of hydrogen-bond donors (Lipinski definition) is 4. The van der Waals surface area contributed by atoms with Crippen LogP contribution in [0, 0.1) is 11.3 Å². The van der Waals surface area contributed by atoms with Gasteiger partial charge in [0.15, 0.2) is 5.96 Å². The second-order valence-corrected chi connectivity index (χ2v) is 10.1. The fourth-order valence-corrected chi connectivity index (χ4v) is 4.87. The van der Waals surface area contributed by atoms with Crippen LogP contribution in [0.15, 0.2) is 41.4 Å². The molecule has 1 aliphatic heterocycles. The summed E-state index contributed by atoms with van der Waals surface area (Å²) in [6, 6.07) is 11.9. The molecule has 2 aromatic rings. The summed E-state index contributed by atoms with van der Waals surface area (Å²) in [6.07, 6.45) is 3.56. The first-order chi connectivity index (χ1) is 15.0. The lowest BCUT2D eigenvalue weighted by molar-refractivity contribution is 0.0876. The summed E-state index contributed by atoms with van der Waals surface area (Å²) >= 11 is 13.0. The third-order valence-electron chi connectivity index (χ3n) is 5.88. The van der Waals surface area contributed by atoms with Crippen molar-refractivity contribution in [3.63, 3.8) is 0 Å². The summed E-state index contributed by atoms with van der Waals surface area (Å²) in [5.41, 5.74) is 14.4. The molecule has 0 spiro atoms. The molecule has 172 valence electrons. The highest BCUT2D eigenvalue weighted by Crippen LogP contribution is 2.38. The number of piperidine rings is 1. The van der Waals surface area contributed by atoms with E-state index >= 15 is 0 Å². The van der Waals surface area contributed by atoms with Gasteiger partial charge >= 0.3 is 0 Å². The van der Waals surface area contributed by atoms with Crippen LogP contribution in [0.4, 0.5) is 5.69 Å². The van der Waals surface area contributed by atoms with Crippen LogP contribution in [0.3, 0.4) is 0 Å². The second-order valence-electron chi connectivity index (χ2n) is 9.33. The number of nitrogens with two attached hydrogens (primary N) is 2. The van der Waals surface area contributed by atoms with Crippen LogP contribution in [-0.2, 0) is 6.42 Å². The number of benzene rings is 2. The Morgan fingerprint density at radius 1 is 1.09 bits per heavy atom. The van der Waals surface area contributed by atoms with Gasteiger partial charge in [0.1, 0.15) is 0 Å². The molecule has 1 saturated heterocycles. The summed E-state index contributed by atoms with van der Waals surface area (Å²) in [4.78, 5) is 6.22. The van der Waals surface area contributed by atoms with Crippen LogP contribution >= 0.6 is 23.2 Å². The average molecular weight is 475 g/mol. The number of nitrogens with zero attached hydrogens (tertiary/aromatic N) is 2. The number of nitrogens with one attached hydrogen (secondary N) is 2. The maximum atomic E-state index is 7.74. The predicted octanol–water partition coefficient (Wildman–Crippen LogP) is 5.33. The molecule has 0 radical (unpaired) electrons. The van der Waals surface area contributed by atoms with E-state index in [0.717, 1.165) is 23.5 Å². The van der Waals surface area contributed by atoms with Gasteiger partial charge in [0.05, 0.1) is 10.0 Å². The Balaban J connectivity index is 1.67. The molecule has 0 bridgehead atoms. The van der Waals surface area contributed by atoms with Gasteiger partial charge in [0.2, 0.25) is 5.96 Å². The lowest BCUT2D eigenvalue weighted by Gasteiger charge is -2.41. The van der Waals surface area contributed by atoms with Crippen molar-refractivity contribution in [2.45, 2.75) is 45.6 Å². The van der Waals surface area contributed by atoms with Crippen molar-refractivity contribution < 1.29 is 0 Å². The maximum absolute atomic E-state index is 7.74. The summed E-state index contributed by atoms with van der Waals surface area (Å²) in [7, 11) is 0. The smallest absolute Gasteiger partial charge is 0.222 e. The molecule has 1 fully saturated rings. The number of likely N-dealkylation sites (tertiary alicyclic amines) is 1. The van der Waals surface area contributed by atoms with Crippen molar-refractivity contribution in [1.29, 1.82) is 5.41 Å². The fourth-order valence-electron chi connectivity index (χ4n) is 4.16. The van der Waals surface area contributed by atoms with Crippen LogP contribution in [-0.4, -0.2) is 35.4 Å². The molecule has 0 unspecified atom stereocenters. The van der Waals surface area contributed by atoms with Gasteiger partial charge < -0.3 is 16.8 Å². The van der Waals surface area contributed by atoms with E-state index in [1.165, 1.54) is 31.5 Å². The molecular formula is C24H32Cl2N6. The first-order valence-electron chi connectivity index (χ1n) is 10.8. The van der Waals surface area contributed by atoms with E-state index in [4.69, 9.17) is 40.1 Å². The Bertz CT molecular complexity index is 960. The minimum absolute atomic E-state index is 0.192. The number of guanidine groups is 2. The van der Waals surface area contributed by atoms with Gasteiger partial charge in [-0.15, -0.1) is 0 Å². The molecule has 1 heterocycles. The third-order valence-corrected chi connectivity index (χ3v) is 6.47. The quantitative estimate of drug-likeness (QED) is 0.354. The molecule has 6 N–H and O–H groups in total. The number of aliphatic imine (C=N–C) groups is 1. The molecule has 2 aromatic carbocycles. The van der Waals surface area contributed by atoms with E-state index < -0.39 is 0 Å². The first-order valence-corrected chi connectivity index (χ1v) is 11.6. The molecule has 0 aromatic heterocycles. The zero-order chi connectivity index (χ0) is 23.5. The molecular weight excluding hydrogens is 443 g/mol. The molecule has 8 heteroatoms. The lowest BCUT2D eigenvalue weighted by atomic mass is 9.88. The van der Waals surface area contributed by atoms with Crippen LogP contribution in [0.5, 0.6) is 0 Å². The van der Waals surface area contributed by atoms with Gasteiger partial charge in [-0.05, 0) is 82.3 Å². The van der Waals surface area contributed by atoms with Crippen molar-refractivity contribution in [1.82, 2.24) is 4.90 Å². The minimum Gasteiger partial charge on any atom is -0.370 e. The van der Waals surface area contributed by atoms with Crippen molar-refractivity contribution in [3.05, 3.63) is 52.0 Å². The molecule has 1 aliphatic rings. The van der Waals surface area contributed by atoms with Gasteiger partial charge in [-0.2, -0.15) is 4.99 Å². The van der Waals surface area contributed by atoms with Crippen LogP contribution < -0.4 is 16.8 Å². The normalized spacial score (nSPS) is 15.4. The van der Waals surface area contributed by atoms with Crippen molar-refractivity contribution in [2.75, 3.05) is 18.4 Å². The standard InChI is InChI=1S/C24H32Cl2N6/c1-24(2,3)32-10-8-16(9-11-32)12-15-4-6-17(7-5-15)21-19(25)13-18(14-20(21)26)30-23(29)31-22(27)28/h4-7,13-14,16H,8-12H2,1-3H3,(H6,27,28,29,30,31). The summed E-state index contributed by atoms with van der Waals surface area (Å²) < 4.78 is 0. The summed E-state index contributed by atoms with van der Waals surface area (Å²) in [6.45, 7) is 9.20. The minimum atomic E-state index is -0.198. The molecule has 0 saturated carbocycles. The molecule has 0 aliphatic carbocycles. The van der Waals surface area contributed by atoms with Crippen LogP contribution in [0.2, 0.25) is 10.0 Å². The topological polar surface area (TPSA) is 104 Å². The maximum Gasteiger partial charge on any atom is 0.222 e. The van der Waals surface area contributed by atoms with Gasteiger partial charge in [0.25, 0.3) is 0 Å². The number of halogens is 2. The summed E-state index contributed by atoms with van der Waals surface area (Å²) in [5.74, 6) is 0.330. The van der Waals surface area contributed by atoms with Gasteiger partial charge in [-0.3, -0.25) is 10.3 Å². The predicted molar refractivity (Wildman–Crippen MR) is 137 cm³/mol. The Kier molecular flexibility index (Phi) is 7.70. The highest BCUT2D eigenvalue weighted by Gasteiger charge is 2.26. The van der Waals surface area contributed by atoms with Crippen molar-refractivity contribution >= 4 is 40.8 Å². The number of rotatable bonds is 4. The van der Waals surface area contributed by atoms with Crippen molar-refractivity contribution in [3.8, 4) is 11.1 Å². The summed E-state index contributed by atoms with van der Waals surface area (Å²) in [5, 5.41) is 11.5. The van der Waals surface area contributed by atoms with Crippen molar-refractivity contribution in [2.24, 2.45) is 22.4 Å². The Morgan fingerprint density at radius 3 is 2.16 bits per heavy atom. The van der Waals surface area contributed by atoms with E-state index in [1.54, 1.807) is 12.1 Å². The number of hydrogen-bond acceptors (Lipinski definition) is 2. The second kappa shape index (κ2) is 10.1. The molecule has 32 heavy (non-hydrogen) atoms. The first kappa shape index (κ1) is 24.4. The third kappa shape index (κ3) is 6.37. The zero-order valence-electron chi connectivity index (χ0n) is 18.9. The van der Waals surface area contributed by atoms with E-state index in [0.29, 0.717) is 15.7 Å². The van der Waals surface area contributed by atoms with Gasteiger partial charge in [-0.1, -0.05) is 47.5 Å². The van der Waals surface area contributed by atoms with E-state index in [-0.39, 0.29) is 17.5 Å². The molecule has 3 rings (SSSR count). The van der Waals surface area contributed by atoms with Crippen LogP contribution in [0.1, 0.15) is 39.2 Å². The van der Waals surface area contributed by atoms with Gasteiger partial charge in [0, 0.05) is 16.8 Å². The van der Waals surface area contributed by atoms with E-state index in [2.05, 4.69) is 60.2 Å². The SMILES string of the molecule is CC(C)(C)N1CCC(Cc2ccc(-c3c(Cl)cc(NC(=N)N=C(N)N)cc3Cl)cc2)CC1. The monoisotopic (exact) mass is 474 g/mol. The zero-order valence-corrected chi connectivity index (χ0v) is 20.4. The largest absolute Gasteiger partial charge is 0.370 e. The molecule has 0 atom stereocenters. The Hall–Kier alpha value is -2.28. The van der Waals surface area contributed by atoms with Crippen LogP contribution in [0.25, 0.3) is 11.1 Å². The molecule has 6 nitrogen and oxygen atoms in total. The van der Waals surface area contributed by atoms with E-state index in [1.807, 2.05) is 0 Å². The highest BCUT2D eigenvalue weighted by molar-refractivity contribution is 6.39. The fraction of sp³-hybridized carbons (Fsp3) is 0.417.